The van der Waals surface area contributed by atoms with Crippen LogP contribution in [0.2, 0.25) is 0 Å². The third kappa shape index (κ3) is 10.9. The van der Waals surface area contributed by atoms with Gasteiger partial charge in [0.2, 0.25) is 35.4 Å². The third-order valence-electron chi connectivity index (χ3n) is 7.90. The van der Waals surface area contributed by atoms with Gasteiger partial charge in [-0.15, -0.1) is 0 Å². The summed E-state index contributed by atoms with van der Waals surface area (Å²) in [4.78, 5) is 85.1. The van der Waals surface area contributed by atoms with E-state index in [1.54, 1.807) is 6.92 Å². The van der Waals surface area contributed by atoms with Crippen molar-refractivity contribution in [1.82, 2.24) is 31.1 Å². The summed E-state index contributed by atoms with van der Waals surface area (Å²) in [6.45, 7) is 7.51. The Morgan fingerprint density at radius 3 is 1.91 bits per heavy atom. The molecule has 6 atom stereocenters. The predicted octanol–water partition coefficient (Wildman–Crippen LogP) is -2.19. The number of likely N-dealkylation sites (N-methyl/N-ethyl adjacent to an activating group) is 1. The molecule has 2 saturated heterocycles. The van der Waals surface area contributed by atoms with Crippen LogP contribution < -0.4 is 32.7 Å². The topological polar surface area (TPSA) is 242 Å². The van der Waals surface area contributed by atoms with Gasteiger partial charge in [-0.25, -0.2) is 0 Å². The molecule has 0 unspecified atom stereocenters. The van der Waals surface area contributed by atoms with Gasteiger partial charge in [0.15, 0.2) is 5.96 Å². The molecule has 254 valence electrons. The minimum absolute atomic E-state index is 0.0940. The molecule has 2 fully saturated rings. The second-order valence-corrected chi connectivity index (χ2v) is 11.6. The lowest BCUT2D eigenvalue weighted by atomic mass is 10.1. The van der Waals surface area contributed by atoms with E-state index in [0.717, 1.165) is 0 Å². The number of nitrogens with one attached hydrogen (secondary N) is 4. The van der Waals surface area contributed by atoms with E-state index in [2.05, 4.69) is 26.3 Å². The fourth-order valence-electron chi connectivity index (χ4n) is 5.76. The Labute approximate surface area is 264 Å². The van der Waals surface area contributed by atoms with E-state index >= 15 is 0 Å². The number of rotatable bonds is 16. The van der Waals surface area contributed by atoms with E-state index in [1.165, 1.54) is 23.6 Å². The van der Waals surface area contributed by atoms with E-state index in [9.17, 15) is 33.9 Å². The van der Waals surface area contributed by atoms with Gasteiger partial charge in [0, 0.05) is 33.1 Å². The lowest BCUT2D eigenvalue weighted by molar-refractivity contribution is -0.144. The van der Waals surface area contributed by atoms with Crippen LogP contribution in [0.3, 0.4) is 0 Å². The highest BCUT2D eigenvalue weighted by Gasteiger charge is 2.41. The quantitative estimate of drug-likeness (QED) is 0.0552. The normalized spacial score (nSPS) is 20.4. The maximum absolute atomic E-state index is 13.7. The number of aliphatic imine (C=N–C) groups is 1. The first kappa shape index (κ1) is 37.2. The van der Waals surface area contributed by atoms with E-state index in [-0.39, 0.29) is 37.8 Å². The summed E-state index contributed by atoms with van der Waals surface area (Å²) in [5, 5.41) is 20.6. The van der Waals surface area contributed by atoms with Gasteiger partial charge in [0.1, 0.15) is 30.2 Å². The number of nitrogens with zero attached hydrogens (tertiary/aromatic N) is 3. The van der Waals surface area contributed by atoms with Crippen molar-refractivity contribution in [1.29, 1.82) is 0 Å². The molecule has 2 rings (SSSR count). The van der Waals surface area contributed by atoms with Crippen LogP contribution >= 0.6 is 0 Å². The second kappa shape index (κ2) is 18.1. The average Bonchev–Trinajstić information content (AvgIpc) is 3.67. The number of amides is 6. The molecule has 6 amide bonds. The summed E-state index contributed by atoms with van der Waals surface area (Å²) in [6, 6.07) is -4.75. The van der Waals surface area contributed by atoms with Crippen LogP contribution in [-0.4, -0.2) is 119 Å². The van der Waals surface area contributed by atoms with Crippen molar-refractivity contribution in [2.75, 3.05) is 26.2 Å². The number of nitrogens with two attached hydrogens (primary N) is 2. The fourth-order valence-corrected chi connectivity index (χ4v) is 5.76. The van der Waals surface area contributed by atoms with Crippen LogP contribution in [0.15, 0.2) is 4.99 Å². The number of aliphatic hydroxyl groups excluding tert-OH is 1. The van der Waals surface area contributed by atoms with Crippen LogP contribution in [0.5, 0.6) is 0 Å². The molecular formula is C29H51N9O7. The van der Waals surface area contributed by atoms with Gasteiger partial charge in [0.25, 0.3) is 0 Å². The summed E-state index contributed by atoms with van der Waals surface area (Å²) >= 11 is 0. The monoisotopic (exact) mass is 637 g/mol. The van der Waals surface area contributed by atoms with Gasteiger partial charge in [-0.3, -0.25) is 33.8 Å². The summed E-state index contributed by atoms with van der Waals surface area (Å²) in [5.74, 6) is -2.95. The minimum atomic E-state index is -1.26. The largest absolute Gasteiger partial charge is 0.391 e. The number of guanidine groups is 1. The zero-order valence-electron chi connectivity index (χ0n) is 26.8. The van der Waals surface area contributed by atoms with Crippen molar-refractivity contribution >= 4 is 41.4 Å². The Morgan fingerprint density at radius 1 is 0.867 bits per heavy atom. The molecule has 0 bridgehead atoms. The van der Waals surface area contributed by atoms with Gasteiger partial charge in [-0.2, -0.15) is 0 Å². The van der Waals surface area contributed by atoms with Crippen LogP contribution in [0.1, 0.15) is 79.1 Å². The average molecular weight is 638 g/mol. The minimum Gasteiger partial charge on any atom is -0.391 e. The van der Waals surface area contributed by atoms with Gasteiger partial charge in [-0.05, 0) is 58.8 Å². The van der Waals surface area contributed by atoms with Crippen molar-refractivity contribution in [3.8, 4) is 0 Å². The molecule has 16 heteroatoms. The van der Waals surface area contributed by atoms with Gasteiger partial charge >= 0.3 is 0 Å². The van der Waals surface area contributed by atoms with Crippen LogP contribution in [0, 0.1) is 0 Å². The maximum atomic E-state index is 13.7. The van der Waals surface area contributed by atoms with Crippen molar-refractivity contribution in [3.05, 3.63) is 0 Å². The summed E-state index contributed by atoms with van der Waals surface area (Å²) in [6.07, 6.45) is 2.24. The van der Waals surface area contributed by atoms with Crippen LogP contribution in [0.4, 0.5) is 0 Å². The standard InChI is InChI=1S/C29H51N9O7/c1-5-10-19(36-26(43)23(17(3)39)34-18(4)40)27(44)38-16-9-13-22(38)25(42)35-20(11-7-14-33-29(30)31)28(45)37-15-8-12-21(37)24(41)32-6-2/h17,19-23,39H,5-16H2,1-4H3,(H,32,41)(H,34,40)(H,35,42)(H,36,43)(H4,30,31,33)/t17-,19-,20+,21+,22+,23+/m1/s1. The first-order valence-corrected chi connectivity index (χ1v) is 15.8. The summed E-state index contributed by atoms with van der Waals surface area (Å²) in [5.41, 5.74) is 10.9. The number of likely N-dealkylation sites (tertiary alicyclic amines) is 2. The molecule has 0 saturated carbocycles. The van der Waals surface area contributed by atoms with Gasteiger partial charge in [-0.1, -0.05) is 13.3 Å². The predicted molar refractivity (Wildman–Crippen MR) is 166 cm³/mol. The fraction of sp³-hybridized carbons (Fsp3) is 0.759. The maximum Gasteiger partial charge on any atom is 0.245 e. The number of hydrogen-bond donors (Lipinski definition) is 7. The molecular weight excluding hydrogens is 586 g/mol. The zero-order chi connectivity index (χ0) is 33.7. The second-order valence-electron chi connectivity index (χ2n) is 11.6. The Kier molecular flexibility index (Phi) is 15.0. The van der Waals surface area contributed by atoms with Gasteiger partial charge < -0.3 is 47.6 Å². The molecule has 0 aromatic heterocycles. The molecule has 0 aliphatic carbocycles. The Hall–Kier alpha value is -3.95. The first-order chi connectivity index (χ1) is 21.3. The molecule has 9 N–H and O–H groups in total. The molecule has 0 spiro atoms. The third-order valence-corrected chi connectivity index (χ3v) is 7.90. The van der Waals surface area contributed by atoms with Crippen molar-refractivity contribution in [2.45, 2.75) is 115 Å². The lowest BCUT2D eigenvalue weighted by Gasteiger charge is -2.32. The van der Waals surface area contributed by atoms with Crippen LogP contribution in [0.25, 0.3) is 0 Å². The highest BCUT2D eigenvalue weighted by Crippen LogP contribution is 2.22. The number of carbonyl (C=O) groups excluding carboxylic acids is 6. The van der Waals surface area contributed by atoms with Crippen molar-refractivity contribution in [2.24, 2.45) is 16.5 Å². The summed E-state index contributed by atoms with van der Waals surface area (Å²) < 4.78 is 0. The molecule has 0 aromatic carbocycles. The number of carbonyl (C=O) groups is 6. The SMILES string of the molecule is CCC[C@@H](NC(=O)[C@@H](NC(C)=O)[C@@H](C)O)C(=O)N1CCC[C@H]1C(=O)N[C@@H](CCCN=C(N)N)C(=O)N1CCC[C@H]1C(=O)NCC. The summed E-state index contributed by atoms with van der Waals surface area (Å²) in [7, 11) is 0. The molecule has 0 radical (unpaired) electrons. The van der Waals surface area contributed by atoms with E-state index in [0.29, 0.717) is 51.6 Å². The molecule has 0 aromatic rings. The van der Waals surface area contributed by atoms with E-state index in [4.69, 9.17) is 11.5 Å². The Balaban J connectivity index is 2.23. The highest BCUT2D eigenvalue weighted by atomic mass is 16.3. The van der Waals surface area contributed by atoms with Crippen LogP contribution in [-0.2, 0) is 28.8 Å². The number of aliphatic hydroxyl groups is 1. The van der Waals surface area contributed by atoms with E-state index < -0.39 is 65.8 Å². The molecule has 16 nitrogen and oxygen atoms in total. The van der Waals surface area contributed by atoms with Gasteiger partial charge in [0.05, 0.1) is 6.10 Å². The molecule has 2 aliphatic heterocycles. The Morgan fingerprint density at radius 2 is 1.42 bits per heavy atom. The molecule has 2 heterocycles. The van der Waals surface area contributed by atoms with Crippen molar-refractivity contribution < 1.29 is 33.9 Å². The first-order valence-electron chi connectivity index (χ1n) is 15.8. The number of hydrogen-bond acceptors (Lipinski definition) is 8. The zero-order valence-corrected chi connectivity index (χ0v) is 26.8. The van der Waals surface area contributed by atoms with E-state index in [1.807, 2.05) is 6.92 Å². The smallest absolute Gasteiger partial charge is 0.245 e. The molecule has 2 aliphatic rings. The van der Waals surface area contributed by atoms with Crippen molar-refractivity contribution in [3.63, 3.8) is 0 Å². The lowest BCUT2D eigenvalue weighted by Crippen LogP contribution is -2.59. The molecule has 45 heavy (non-hydrogen) atoms. The Bertz CT molecular complexity index is 1100. The highest BCUT2D eigenvalue weighted by molar-refractivity contribution is 5.97.